The summed E-state index contributed by atoms with van der Waals surface area (Å²) in [5.74, 6) is 0.701. The maximum Gasteiger partial charge on any atom is 0.311 e. The molecule has 0 fully saturated rings. The zero-order chi connectivity index (χ0) is 38.1. The highest BCUT2D eigenvalue weighted by atomic mass is 16.5. The summed E-state index contributed by atoms with van der Waals surface area (Å²) in [5, 5.41) is 9.61. The van der Waals surface area contributed by atoms with E-state index in [1.54, 1.807) is 0 Å². The predicted molar refractivity (Wildman–Crippen MR) is 218 cm³/mol. The second-order valence-corrected chi connectivity index (χ2v) is 17.3. The van der Waals surface area contributed by atoms with E-state index >= 15 is 0 Å². The van der Waals surface area contributed by atoms with Gasteiger partial charge in [0.05, 0.1) is 25.2 Å². The fourth-order valence-electron chi connectivity index (χ4n) is 7.12. The molecule has 0 rings (SSSR count). The van der Waals surface area contributed by atoms with Gasteiger partial charge in [-0.05, 0) is 83.2 Å². The molecule has 0 aliphatic carbocycles. The van der Waals surface area contributed by atoms with Crippen molar-refractivity contribution >= 4 is 11.9 Å². The first-order valence-corrected chi connectivity index (χ1v) is 22.2. The molecule has 0 amide bonds. The molecule has 0 radical (unpaired) electrons. The summed E-state index contributed by atoms with van der Waals surface area (Å²) in [7, 11) is 0. The molecule has 0 atom stereocenters. The third kappa shape index (κ3) is 31.0. The van der Waals surface area contributed by atoms with Crippen LogP contribution in [0.2, 0.25) is 0 Å². The highest BCUT2D eigenvalue weighted by molar-refractivity contribution is 5.75. The van der Waals surface area contributed by atoms with E-state index in [1.807, 2.05) is 13.8 Å². The molecule has 51 heavy (non-hydrogen) atoms. The molecule has 0 saturated heterocycles. The van der Waals surface area contributed by atoms with Crippen LogP contribution in [-0.2, 0) is 19.1 Å². The zero-order valence-corrected chi connectivity index (χ0v) is 35.4. The van der Waals surface area contributed by atoms with Crippen molar-refractivity contribution in [1.29, 1.82) is 0 Å². The van der Waals surface area contributed by atoms with Crippen molar-refractivity contribution in [3.8, 4) is 0 Å². The Hall–Kier alpha value is -1.14. The zero-order valence-electron chi connectivity index (χ0n) is 35.4. The number of ether oxygens (including phenoxy) is 2. The van der Waals surface area contributed by atoms with E-state index < -0.39 is 5.41 Å². The molecule has 0 aliphatic rings. The lowest BCUT2D eigenvalue weighted by molar-refractivity contribution is -0.154. The minimum absolute atomic E-state index is 0.00212. The van der Waals surface area contributed by atoms with Gasteiger partial charge in [0.15, 0.2) is 0 Å². The third-order valence-corrected chi connectivity index (χ3v) is 10.9. The largest absolute Gasteiger partial charge is 0.465 e. The summed E-state index contributed by atoms with van der Waals surface area (Å²) >= 11 is 0. The molecule has 0 aromatic heterocycles. The lowest BCUT2D eigenvalue weighted by Gasteiger charge is -2.25. The number of rotatable bonds is 38. The topological polar surface area (TPSA) is 76.1 Å². The average Bonchev–Trinajstić information content (AvgIpc) is 3.09. The lowest BCUT2D eigenvalue weighted by Crippen LogP contribution is -2.29. The molecule has 0 saturated carbocycles. The second-order valence-electron chi connectivity index (χ2n) is 17.3. The van der Waals surface area contributed by atoms with Gasteiger partial charge in [-0.3, -0.25) is 9.59 Å². The molecule has 1 N–H and O–H groups in total. The van der Waals surface area contributed by atoms with Crippen LogP contribution in [0.5, 0.6) is 0 Å². The Labute approximate surface area is 318 Å². The van der Waals surface area contributed by atoms with Crippen molar-refractivity contribution in [2.75, 3.05) is 39.5 Å². The van der Waals surface area contributed by atoms with Crippen LogP contribution in [0.1, 0.15) is 222 Å². The van der Waals surface area contributed by atoms with E-state index in [-0.39, 0.29) is 24.0 Å². The van der Waals surface area contributed by atoms with Gasteiger partial charge in [-0.25, -0.2) is 0 Å². The van der Waals surface area contributed by atoms with Crippen LogP contribution in [0, 0.1) is 16.7 Å². The number of carbonyl (C=O) groups excluding carboxylic acids is 2. The van der Waals surface area contributed by atoms with Gasteiger partial charge in [0.1, 0.15) is 0 Å². The van der Waals surface area contributed by atoms with Gasteiger partial charge in [-0.1, -0.05) is 157 Å². The van der Waals surface area contributed by atoms with E-state index in [0.717, 1.165) is 109 Å². The van der Waals surface area contributed by atoms with Gasteiger partial charge in [0.25, 0.3) is 0 Å². The summed E-state index contributed by atoms with van der Waals surface area (Å²) in [4.78, 5) is 27.6. The molecule has 6 nitrogen and oxygen atoms in total. The molecule has 0 unspecified atom stereocenters. The minimum atomic E-state index is -0.412. The Morgan fingerprint density at radius 2 is 1.06 bits per heavy atom. The van der Waals surface area contributed by atoms with Crippen molar-refractivity contribution in [2.45, 2.75) is 222 Å². The normalized spacial score (nSPS) is 12.3. The molecule has 6 heteroatoms. The number of nitrogens with zero attached hydrogens (tertiary/aromatic N) is 1. The van der Waals surface area contributed by atoms with Crippen LogP contribution >= 0.6 is 0 Å². The van der Waals surface area contributed by atoms with Gasteiger partial charge in [-0.15, -0.1) is 0 Å². The SMILES string of the molecule is CCCCCCCCCOC(=O)C(C)(C)CCCCCCN(CCO)CCCCCC(C)(C)COC(=O)CCCC(CCCCC)CCCCC. The molecule has 0 aliphatic heterocycles. The number of aliphatic hydroxyl groups excluding tert-OH is 1. The Morgan fingerprint density at radius 3 is 1.67 bits per heavy atom. The summed E-state index contributed by atoms with van der Waals surface area (Å²) in [6, 6.07) is 0. The summed E-state index contributed by atoms with van der Waals surface area (Å²) in [6.07, 6.45) is 31.5. The van der Waals surface area contributed by atoms with Crippen molar-refractivity contribution < 1.29 is 24.2 Å². The first kappa shape index (κ1) is 49.9. The van der Waals surface area contributed by atoms with Crippen LogP contribution in [0.4, 0.5) is 0 Å². The van der Waals surface area contributed by atoms with Crippen LogP contribution < -0.4 is 0 Å². The van der Waals surface area contributed by atoms with Gasteiger partial charge < -0.3 is 19.5 Å². The quantitative estimate of drug-likeness (QED) is 0.0505. The summed E-state index contributed by atoms with van der Waals surface area (Å²) in [5.41, 5.74) is -0.410. The summed E-state index contributed by atoms with van der Waals surface area (Å²) in [6.45, 7) is 19.3. The molecule has 0 aromatic carbocycles. The van der Waals surface area contributed by atoms with Gasteiger partial charge in [-0.2, -0.15) is 0 Å². The first-order valence-electron chi connectivity index (χ1n) is 22.2. The lowest BCUT2D eigenvalue weighted by atomic mass is 9.87. The molecule has 0 bridgehead atoms. The maximum atomic E-state index is 12.6. The highest BCUT2D eigenvalue weighted by Gasteiger charge is 2.28. The van der Waals surface area contributed by atoms with E-state index in [0.29, 0.717) is 19.6 Å². The van der Waals surface area contributed by atoms with Crippen molar-refractivity contribution in [2.24, 2.45) is 16.7 Å². The van der Waals surface area contributed by atoms with E-state index in [2.05, 4.69) is 39.5 Å². The van der Waals surface area contributed by atoms with E-state index in [1.165, 1.54) is 83.5 Å². The Balaban J connectivity index is 4.11. The van der Waals surface area contributed by atoms with Gasteiger partial charge >= 0.3 is 11.9 Å². The number of unbranched alkanes of at least 4 members (excludes halogenated alkanes) is 15. The van der Waals surface area contributed by atoms with E-state index in [4.69, 9.17) is 9.47 Å². The molecule has 0 spiro atoms. The number of hydrogen-bond acceptors (Lipinski definition) is 6. The van der Waals surface area contributed by atoms with Crippen molar-refractivity contribution in [3.63, 3.8) is 0 Å². The Morgan fingerprint density at radius 1 is 0.569 bits per heavy atom. The smallest absolute Gasteiger partial charge is 0.311 e. The van der Waals surface area contributed by atoms with Crippen LogP contribution in [0.25, 0.3) is 0 Å². The fourth-order valence-corrected chi connectivity index (χ4v) is 7.12. The number of aliphatic hydroxyl groups is 1. The summed E-state index contributed by atoms with van der Waals surface area (Å²) < 4.78 is 11.4. The van der Waals surface area contributed by atoms with Crippen LogP contribution in [0.15, 0.2) is 0 Å². The van der Waals surface area contributed by atoms with Gasteiger partial charge in [0.2, 0.25) is 0 Å². The highest BCUT2D eigenvalue weighted by Crippen LogP contribution is 2.27. The van der Waals surface area contributed by atoms with Crippen molar-refractivity contribution in [3.05, 3.63) is 0 Å². The molecular weight excluding hydrogens is 634 g/mol. The first-order chi connectivity index (χ1) is 24.5. The van der Waals surface area contributed by atoms with Crippen LogP contribution in [-0.4, -0.2) is 61.4 Å². The minimum Gasteiger partial charge on any atom is -0.465 e. The molecular formula is C45H89NO5. The standard InChI is InChI=1S/C45H89NO5/c1-8-11-14-15-16-19-27-39-50-43(49)45(6,7)34-24-17-18-25-35-46(37-38-47)36-26-20-23-33-44(4,5)40-51-42(48)32-28-31-41(29-21-12-9-2)30-22-13-10-3/h41,47H,8-40H2,1-7H3. The predicted octanol–water partition coefficient (Wildman–Crippen LogP) is 12.6. The Bertz CT molecular complexity index is 787. The molecule has 0 heterocycles. The second kappa shape index (κ2) is 33.4. The van der Waals surface area contributed by atoms with Gasteiger partial charge in [0, 0.05) is 13.0 Å². The van der Waals surface area contributed by atoms with E-state index in [9.17, 15) is 14.7 Å². The number of carbonyl (C=O) groups is 2. The number of esters is 2. The monoisotopic (exact) mass is 724 g/mol. The molecule has 0 aromatic rings. The maximum absolute atomic E-state index is 12.6. The third-order valence-electron chi connectivity index (χ3n) is 10.9. The number of hydrogen-bond donors (Lipinski definition) is 1. The van der Waals surface area contributed by atoms with Crippen molar-refractivity contribution in [1.82, 2.24) is 4.90 Å². The average molecular weight is 724 g/mol. The van der Waals surface area contributed by atoms with Crippen LogP contribution in [0.3, 0.4) is 0 Å². The molecule has 304 valence electrons. The fraction of sp³-hybridized carbons (Fsp3) is 0.956. The Kier molecular flexibility index (Phi) is 32.7.